The topological polar surface area (TPSA) is 50.7 Å². The maximum Gasteiger partial charge on any atom is 0.164 e. The molecule has 4 rings (SSSR count). The largest absolute Gasteiger partial charge is 0.367 e. The summed E-state index contributed by atoms with van der Waals surface area (Å²) in [4.78, 5) is 16.5. The Morgan fingerprint density at radius 1 is 1.17 bits per heavy atom. The van der Waals surface area contributed by atoms with Gasteiger partial charge in [0.1, 0.15) is 10.6 Å². The molecule has 3 aromatic heterocycles. The maximum absolute atomic E-state index is 4.85. The molecule has 3 aromatic rings. The number of nitrogens with zero attached hydrogens (tertiary/aromatic N) is 3. The van der Waals surface area contributed by atoms with Gasteiger partial charge in [0.2, 0.25) is 0 Å². The van der Waals surface area contributed by atoms with E-state index in [-0.39, 0.29) is 0 Å². The molecule has 118 valence electrons. The van der Waals surface area contributed by atoms with Crippen LogP contribution in [0, 0.1) is 0 Å². The van der Waals surface area contributed by atoms with Crippen molar-refractivity contribution in [2.75, 3.05) is 5.32 Å². The summed E-state index contributed by atoms with van der Waals surface area (Å²) in [5.41, 5.74) is 2.43. The smallest absolute Gasteiger partial charge is 0.164 e. The van der Waals surface area contributed by atoms with Crippen LogP contribution in [-0.2, 0) is 12.8 Å². The van der Waals surface area contributed by atoms with Gasteiger partial charge in [-0.1, -0.05) is 0 Å². The molecule has 1 aliphatic rings. The molecule has 0 aliphatic heterocycles. The van der Waals surface area contributed by atoms with Crippen molar-refractivity contribution in [3.63, 3.8) is 0 Å². The second-order valence-corrected chi connectivity index (χ2v) is 7.41. The molecular formula is C18H20N4S. The lowest BCUT2D eigenvalue weighted by Gasteiger charge is -2.15. The van der Waals surface area contributed by atoms with E-state index in [0.717, 1.165) is 28.5 Å². The predicted molar refractivity (Wildman–Crippen MR) is 96.0 cm³/mol. The van der Waals surface area contributed by atoms with Crippen LogP contribution >= 0.6 is 11.3 Å². The molecule has 0 unspecified atom stereocenters. The first kappa shape index (κ1) is 14.6. The number of nitrogens with one attached hydrogen (secondary N) is 1. The molecule has 0 saturated carbocycles. The first-order valence-electron chi connectivity index (χ1n) is 8.21. The van der Waals surface area contributed by atoms with Gasteiger partial charge in [-0.25, -0.2) is 9.97 Å². The number of anilines is 1. The lowest BCUT2D eigenvalue weighted by atomic mass is 9.97. The van der Waals surface area contributed by atoms with Crippen LogP contribution in [0.15, 0.2) is 24.5 Å². The van der Waals surface area contributed by atoms with Gasteiger partial charge in [0.15, 0.2) is 5.82 Å². The van der Waals surface area contributed by atoms with Gasteiger partial charge >= 0.3 is 0 Å². The molecule has 0 radical (unpaired) electrons. The Labute approximate surface area is 140 Å². The molecule has 0 saturated heterocycles. The lowest BCUT2D eigenvalue weighted by Crippen LogP contribution is -2.12. The highest BCUT2D eigenvalue weighted by Gasteiger charge is 2.21. The molecule has 5 heteroatoms. The van der Waals surface area contributed by atoms with Crippen molar-refractivity contribution in [3.05, 3.63) is 35.0 Å². The van der Waals surface area contributed by atoms with Crippen LogP contribution in [0.3, 0.4) is 0 Å². The molecule has 0 spiro atoms. The molecule has 0 aromatic carbocycles. The van der Waals surface area contributed by atoms with Gasteiger partial charge in [0, 0.05) is 28.9 Å². The zero-order valence-corrected chi connectivity index (χ0v) is 14.3. The minimum Gasteiger partial charge on any atom is -0.367 e. The summed E-state index contributed by atoms with van der Waals surface area (Å²) >= 11 is 1.84. The number of hydrogen-bond acceptors (Lipinski definition) is 5. The highest BCUT2D eigenvalue weighted by Crippen LogP contribution is 2.39. The standard InChI is InChI=1S/C18H20N4S/c1-11(2)20-17-15-13-7-3-4-8-14(13)23-18(15)22-16(21-17)12-6-5-9-19-10-12/h5-6,9-11H,3-4,7-8H2,1-2H3,(H,20,21,22). The summed E-state index contributed by atoms with van der Waals surface area (Å²) in [6.45, 7) is 4.30. The Kier molecular flexibility index (Phi) is 3.73. The second-order valence-electron chi connectivity index (χ2n) is 6.33. The molecule has 0 amide bonds. The number of thiophene rings is 1. The van der Waals surface area contributed by atoms with Gasteiger partial charge in [-0.3, -0.25) is 4.98 Å². The normalized spacial score (nSPS) is 14.2. The molecule has 0 atom stereocenters. The predicted octanol–water partition coefficient (Wildman–Crippen LogP) is 4.45. The minimum atomic E-state index is 0.342. The minimum absolute atomic E-state index is 0.342. The van der Waals surface area contributed by atoms with Crippen molar-refractivity contribution in [1.29, 1.82) is 0 Å². The van der Waals surface area contributed by atoms with E-state index in [4.69, 9.17) is 9.97 Å². The van der Waals surface area contributed by atoms with Crippen LogP contribution < -0.4 is 5.32 Å². The first-order valence-corrected chi connectivity index (χ1v) is 9.03. The zero-order valence-electron chi connectivity index (χ0n) is 13.5. The second kappa shape index (κ2) is 5.89. The van der Waals surface area contributed by atoms with Crippen LogP contribution in [0.4, 0.5) is 5.82 Å². The lowest BCUT2D eigenvalue weighted by molar-refractivity contribution is 0.700. The number of aromatic nitrogens is 3. The molecule has 23 heavy (non-hydrogen) atoms. The molecule has 3 heterocycles. The van der Waals surface area contributed by atoms with Crippen LogP contribution in [0.25, 0.3) is 21.6 Å². The van der Waals surface area contributed by atoms with Crippen LogP contribution in [0.2, 0.25) is 0 Å². The van der Waals surface area contributed by atoms with E-state index in [1.807, 2.05) is 29.7 Å². The number of fused-ring (bicyclic) bond motifs is 3. The van der Waals surface area contributed by atoms with Gasteiger partial charge in [-0.05, 0) is 57.2 Å². The Bertz CT molecular complexity index is 839. The van der Waals surface area contributed by atoms with E-state index in [9.17, 15) is 0 Å². The van der Waals surface area contributed by atoms with E-state index < -0.39 is 0 Å². The molecule has 4 nitrogen and oxygen atoms in total. The summed E-state index contributed by atoms with van der Waals surface area (Å²) in [7, 11) is 0. The summed E-state index contributed by atoms with van der Waals surface area (Å²) in [5.74, 6) is 1.73. The number of pyridine rings is 1. The Morgan fingerprint density at radius 3 is 2.83 bits per heavy atom. The fourth-order valence-corrected chi connectivity index (χ4v) is 4.42. The number of aryl methyl sites for hydroxylation is 2. The van der Waals surface area contributed by atoms with Crippen LogP contribution in [0.5, 0.6) is 0 Å². The Morgan fingerprint density at radius 2 is 2.04 bits per heavy atom. The molecular weight excluding hydrogens is 304 g/mol. The monoisotopic (exact) mass is 324 g/mol. The number of rotatable bonds is 3. The summed E-state index contributed by atoms with van der Waals surface area (Å²) in [5, 5.41) is 4.77. The number of hydrogen-bond donors (Lipinski definition) is 1. The van der Waals surface area contributed by atoms with Crippen LogP contribution in [-0.4, -0.2) is 21.0 Å². The molecule has 1 N–H and O–H groups in total. The quantitative estimate of drug-likeness (QED) is 0.773. The average molecular weight is 324 g/mol. The van der Waals surface area contributed by atoms with E-state index >= 15 is 0 Å². The molecule has 0 fully saturated rings. The third kappa shape index (κ3) is 2.70. The van der Waals surface area contributed by atoms with Crippen molar-refractivity contribution in [2.45, 2.75) is 45.6 Å². The highest BCUT2D eigenvalue weighted by atomic mass is 32.1. The van der Waals surface area contributed by atoms with E-state index in [0.29, 0.717) is 6.04 Å². The third-order valence-electron chi connectivity index (χ3n) is 4.16. The maximum atomic E-state index is 4.85. The highest BCUT2D eigenvalue weighted by molar-refractivity contribution is 7.19. The first-order chi connectivity index (χ1) is 11.2. The SMILES string of the molecule is CC(C)Nc1nc(-c2cccnc2)nc2sc3c(c12)CCCC3. The van der Waals surface area contributed by atoms with Gasteiger partial charge in [0.05, 0.1) is 5.39 Å². The Balaban J connectivity index is 1.94. The van der Waals surface area contributed by atoms with Crippen molar-refractivity contribution in [1.82, 2.24) is 15.0 Å². The average Bonchev–Trinajstić information content (AvgIpc) is 2.93. The zero-order chi connectivity index (χ0) is 15.8. The van der Waals surface area contributed by atoms with E-state index in [1.165, 1.54) is 35.1 Å². The molecule has 0 bridgehead atoms. The summed E-state index contributed by atoms with van der Waals surface area (Å²) in [6.07, 6.45) is 8.49. The third-order valence-corrected chi connectivity index (χ3v) is 5.35. The van der Waals surface area contributed by atoms with Crippen molar-refractivity contribution >= 4 is 27.4 Å². The fraction of sp³-hybridized carbons (Fsp3) is 0.389. The van der Waals surface area contributed by atoms with E-state index in [1.54, 1.807) is 6.20 Å². The molecule has 1 aliphatic carbocycles. The van der Waals surface area contributed by atoms with Crippen molar-refractivity contribution < 1.29 is 0 Å². The summed E-state index contributed by atoms with van der Waals surface area (Å²) < 4.78 is 0. The van der Waals surface area contributed by atoms with Gasteiger partial charge in [0.25, 0.3) is 0 Å². The summed E-state index contributed by atoms with van der Waals surface area (Å²) in [6, 6.07) is 4.28. The van der Waals surface area contributed by atoms with Crippen molar-refractivity contribution in [2.24, 2.45) is 0 Å². The van der Waals surface area contributed by atoms with Crippen molar-refractivity contribution in [3.8, 4) is 11.4 Å². The Hall–Kier alpha value is -2.01. The van der Waals surface area contributed by atoms with Crippen LogP contribution in [0.1, 0.15) is 37.1 Å². The van der Waals surface area contributed by atoms with Gasteiger partial charge in [-0.15, -0.1) is 11.3 Å². The van der Waals surface area contributed by atoms with E-state index in [2.05, 4.69) is 24.1 Å². The van der Waals surface area contributed by atoms with Gasteiger partial charge < -0.3 is 5.32 Å². The fourth-order valence-electron chi connectivity index (χ4n) is 3.16. The van der Waals surface area contributed by atoms with Gasteiger partial charge in [-0.2, -0.15) is 0 Å².